The molecule has 0 saturated carbocycles. The van der Waals surface area contributed by atoms with Crippen LogP contribution >= 0.6 is 10.7 Å². The summed E-state index contributed by atoms with van der Waals surface area (Å²) in [4.78, 5) is 0. The van der Waals surface area contributed by atoms with Crippen LogP contribution in [-0.4, -0.2) is 15.5 Å². The summed E-state index contributed by atoms with van der Waals surface area (Å²) in [7, 11) is 2.28. The van der Waals surface area contributed by atoms with E-state index in [0.717, 1.165) is 0 Å². The van der Waals surface area contributed by atoms with Crippen molar-refractivity contribution in [1.29, 1.82) is 0 Å². The highest BCUT2D eigenvalue weighted by molar-refractivity contribution is 8.10. The molecule has 0 N–H and O–H groups in total. The van der Waals surface area contributed by atoms with Crippen molar-refractivity contribution in [1.82, 2.24) is 0 Å². The van der Waals surface area contributed by atoms with Crippen molar-refractivity contribution in [3.8, 4) is 11.5 Å². The minimum absolute atomic E-state index is 0.0694. The Labute approximate surface area is 80.7 Å². The van der Waals surface area contributed by atoms with E-state index in [0.29, 0.717) is 5.75 Å². The van der Waals surface area contributed by atoms with Gasteiger partial charge < -0.3 is 8.92 Å². The van der Waals surface area contributed by atoms with Gasteiger partial charge in [0.15, 0.2) is 11.5 Å². The first kappa shape index (κ1) is 10.1. The Kier molecular flexibility index (Phi) is 3.00. The molecule has 4 nitrogen and oxygen atoms in total. The minimum atomic E-state index is -4.02. The fourth-order valence-electron chi connectivity index (χ4n) is 0.795. The third-order valence-electron chi connectivity index (χ3n) is 1.26. The monoisotopic (exact) mass is 222 g/mol. The van der Waals surface area contributed by atoms with Crippen molar-refractivity contribution < 1.29 is 17.3 Å². The topological polar surface area (TPSA) is 52.6 Å². The van der Waals surface area contributed by atoms with Crippen molar-refractivity contribution in [3.63, 3.8) is 0 Å². The standard InChI is InChI=1S/C7H7ClO4S/c1-11-6-4-2-3-5-7(6)12-13(8,9)10/h2-5H,1H3. The molecule has 0 fully saturated rings. The van der Waals surface area contributed by atoms with Gasteiger partial charge in [-0.25, -0.2) is 0 Å². The first-order valence-corrected chi connectivity index (χ1v) is 5.53. The van der Waals surface area contributed by atoms with E-state index < -0.39 is 9.33 Å². The summed E-state index contributed by atoms with van der Waals surface area (Å²) in [6.07, 6.45) is 0. The molecule has 72 valence electrons. The third kappa shape index (κ3) is 3.12. The lowest BCUT2D eigenvalue weighted by Gasteiger charge is -2.05. The molecule has 6 heteroatoms. The molecule has 0 unspecified atom stereocenters. The average Bonchev–Trinajstić information content (AvgIpc) is 2.02. The second-order valence-electron chi connectivity index (χ2n) is 2.13. The van der Waals surface area contributed by atoms with Crippen molar-refractivity contribution in [2.24, 2.45) is 0 Å². The predicted molar refractivity (Wildman–Crippen MR) is 48.4 cm³/mol. The highest BCUT2D eigenvalue weighted by Crippen LogP contribution is 2.27. The van der Waals surface area contributed by atoms with Crippen LogP contribution in [0.5, 0.6) is 11.5 Å². The zero-order valence-electron chi connectivity index (χ0n) is 6.73. The highest BCUT2D eigenvalue weighted by atomic mass is 35.7. The number of benzene rings is 1. The molecule has 0 bridgehead atoms. The van der Waals surface area contributed by atoms with Crippen molar-refractivity contribution in [2.75, 3.05) is 7.11 Å². The molecule has 1 rings (SSSR count). The maximum atomic E-state index is 10.6. The van der Waals surface area contributed by atoms with Gasteiger partial charge in [-0.15, -0.1) is 0 Å². The summed E-state index contributed by atoms with van der Waals surface area (Å²) in [6.45, 7) is 0. The molecule has 0 saturated heterocycles. The molecule has 13 heavy (non-hydrogen) atoms. The number of ether oxygens (including phenoxy) is 1. The molecular weight excluding hydrogens is 216 g/mol. The van der Waals surface area contributed by atoms with Crippen LogP contribution < -0.4 is 8.92 Å². The van der Waals surface area contributed by atoms with Crippen molar-refractivity contribution in [3.05, 3.63) is 24.3 Å². The van der Waals surface area contributed by atoms with Gasteiger partial charge in [-0.2, -0.15) is 8.42 Å². The van der Waals surface area contributed by atoms with Gasteiger partial charge in [0.05, 0.1) is 17.8 Å². The summed E-state index contributed by atoms with van der Waals surface area (Å²) >= 11 is 0. The van der Waals surface area contributed by atoms with Crippen LogP contribution in [0.25, 0.3) is 0 Å². The van der Waals surface area contributed by atoms with Crippen LogP contribution in [0.15, 0.2) is 24.3 Å². The molecule has 1 aromatic rings. The van der Waals surface area contributed by atoms with Crippen LogP contribution in [0.1, 0.15) is 0 Å². The molecule has 0 atom stereocenters. The largest absolute Gasteiger partial charge is 0.493 e. The Morgan fingerprint density at radius 1 is 1.23 bits per heavy atom. The average molecular weight is 223 g/mol. The van der Waals surface area contributed by atoms with Gasteiger partial charge in [0.1, 0.15) is 0 Å². The maximum absolute atomic E-state index is 10.6. The third-order valence-corrected chi connectivity index (χ3v) is 1.83. The molecular formula is C7H7ClO4S. The van der Waals surface area contributed by atoms with Crippen LogP contribution in [0.3, 0.4) is 0 Å². The number of hydrogen-bond donors (Lipinski definition) is 0. The summed E-state index contributed by atoms with van der Waals surface area (Å²) in [6, 6.07) is 6.31. The first-order chi connectivity index (χ1) is 6.03. The number of hydrogen-bond acceptors (Lipinski definition) is 4. The van der Waals surface area contributed by atoms with Crippen LogP contribution in [0.4, 0.5) is 0 Å². The summed E-state index contributed by atoms with van der Waals surface area (Å²) in [5.74, 6) is 0.381. The van der Waals surface area contributed by atoms with Gasteiger partial charge >= 0.3 is 9.33 Å². The van der Waals surface area contributed by atoms with Crippen LogP contribution in [-0.2, 0) is 9.33 Å². The van der Waals surface area contributed by atoms with E-state index in [9.17, 15) is 8.42 Å². The molecule has 0 aliphatic rings. The van der Waals surface area contributed by atoms with Gasteiger partial charge in [0.25, 0.3) is 0 Å². The van der Waals surface area contributed by atoms with Gasteiger partial charge in [-0.3, -0.25) is 0 Å². The number of halogens is 1. The SMILES string of the molecule is COc1ccccc1OS(=O)(=O)Cl. The van der Waals surface area contributed by atoms with Gasteiger partial charge in [0, 0.05) is 0 Å². The Balaban J connectivity index is 3.01. The quantitative estimate of drug-likeness (QED) is 0.729. The molecule has 0 amide bonds. The Hall–Kier alpha value is -0.940. The summed E-state index contributed by atoms with van der Waals surface area (Å²) in [5, 5.41) is 0. The summed E-state index contributed by atoms with van der Waals surface area (Å²) in [5.41, 5.74) is 0. The zero-order valence-corrected chi connectivity index (χ0v) is 8.30. The van der Waals surface area contributed by atoms with Crippen LogP contribution in [0, 0.1) is 0 Å². The number of methoxy groups -OCH3 is 1. The van der Waals surface area contributed by atoms with Gasteiger partial charge in [-0.05, 0) is 12.1 Å². The predicted octanol–water partition coefficient (Wildman–Crippen LogP) is 1.56. The van der Waals surface area contributed by atoms with Crippen LogP contribution in [0.2, 0.25) is 0 Å². The molecule has 0 heterocycles. The Bertz CT molecular complexity index is 387. The Morgan fingerprint density at radius 3 is 2.23 bits per heavy atom. The Morgan fingerprint density at radius 2 is 1.77 bits per heavy atom. The maximum Gasteiger partial charge on any atom is 0.401 e. The van der Waals surface area contributed by atoms with E-state index in [4.69, 9.17) is 15.4 Å². The first-order valence-electron chi connectivity index (χ1n) is 3.30. The van der Waals surface area contributed by atoms with E-state index in [1.807, 2.05) is 0 Å². The van der Waals surface area contributed by atoms with E-state index in [1.54, 1.807) is 18.2 Å². The molecule has 0 aliphatic carbocycles. The second-order valence-corrected chi connectivity index (χ2v) is 4.21. The highest BCUT2D eigenvalue weighted by Gasteiger charge is 2.10. The smallest absolute Gasteiger partial charge is 0.401 e. The lowest BCUT2D eigenvalue weighted by Crippen LogP contribution is -2.01. The fourth-order valence-corrected chi connectivity index (χ4v) is 1.35. The number of para-hydroxylation sites is 2. The summed E-state index contributed by atoms with van der Waals surface area (Å²) < 4.78 is 30.4. The fraction of sp³-hybridized carbons (Fsp3) is 0.143. The lowest BCUT2D eigenvalue weighted by molar-refractivity contribution is 0.393. The van der Waals surface area contributed by atoms with Gasteiger partial charge in [-0.1, -0.05) is 12.1 Å². The molecule has 0 radical (unpaired) electrons. The van der Waals surface area contributed by atoms with Crippen molar-refractivity contribution in [2.45, 2.75) is 0 Å². The van der Waals surface area contributed by atoms with E-state index in [1.165, 1.54) is 13.2 Å². The minimum Gasteiger partial charge on any atom is -0.493 e. The van der Waals surface area contributed by atoms with E-state index in [2.05, 4.69) is 4.18 Å². The van der Waals surface area contributed by atoms with Crippen molar-refractivity contribution >= 4 is 20.0 Å². The normalized spacial score (nSPS) is 10.9. The molecule has 0 spiro atoms. The molecule has 0 aromatic heterocycles. The molecule has 0 aliphatic heterocycles. The van der Waals surface area contributed by atoms with E-state index in [-0.39, 0.29) is 5.75 Å². The lowest BCUT2D eigenvalue weighted by atomic mass is 10.3. The van der Waals surface area contributed by atoms with Gasteiger partial charge in [0.2, 0.25) is 0 Å². The second kappa shape index (κ2) is 3.85. The van der Waals surface area contributed by atoms with E-state index >= 15 is 0 Å². The zero-order chi connectivity index (χ0) is 9.90. The number of rotatable bonds is 3. The molecule has 1 aromatic carbocycles.